The normalized spacial score (nSPS) is 9.80. The number of aryl methyl sites for hydroxylation is 2. The quantitative estimate of drug-likeness (QED) is 0.603. The molecule has 0 saturated carbocycles. The average Bonchev–Trinajstić information content (AvgIpc) is 2.05. The molecule has 1 nitrogen and oxygen atoms in total. The molecule has 0 unspecified atom stereocenters. The van der Waals surface area contributed by atoms with Crippen LogP contribution in [-0.2, 0) is 12.8 Å². The van der Waals surface area contributed by atoms with Crippen molar-refractivity contribution in [2.24, 2.45) is 0 Å². The second kappa shape index (κ2) is 3.35. The van der Waals surface area contributed by atoms with Crippen LogP contribution >= 0.6 is 0 Å². The summed E-state index contributed by atoms with van der Waals surface area (Å²) in [5.74, 6) is 0. The fourth-order valence-corrected chi connectivity index (χ4v) is 0.871. The highest BCUT2D eigenvalue weighted by atomic mass is 14.7. The van der Waals surface area contributed by atoms with Gasteiger partial charge in [-0.05, 0) is 30.5 Å². The molecule has 10 heavy (non-hydrogen) atoms. The molecule has 0 fully saturated rings. The molecule has 0 N–H and O–H groups in total. The summed E-state index contributed by atoms with van der Waals surface area (Å²) < 4.78 is 0. The van der Waals surface area contributed by atoms with Gasteiger partial charge in [-0.1, -0.05) is 13.8 Å². The molecule has 0 saturated heterocycles. The standard InChI is InChI=1S/C9H12N/c1-3-8-5-6-10-9(4-2)7-8/h5,7H,3-4H2,1-2H3. The monoisotopic (exact) mass is 134 g/mol. The van der Waals surface area contributed by atoms with Gasteiger partial charge in [0.2, 0.25) is 0 Å². The van der Waals surface area contributed by atoms with Crippen LogP contribution in [0.5, 0.6) is 0 Å². The second-order valence-corrected chi connectivity index (χ2v) is 2.30. The molecule has 53 valence electrons. The number of hydrogen-bond donors (Lipinski definition) is 0. The number of nitrogens with zero attached hydrogens (tertiary/aromatic N) is 1. The van der Waals surface area contributed by atoms with Crippen molar-refractivity contribution in [3.8, 4) is 0 Å². The SMILES string of the molecule is CCc1c[c]nc(CC)c1. The predicted molar refractivity (Wildman–Crippen MR) is 41.8 cm³/mol. The Hall–Kier alpha value is -0.850. The minimum atomic E-state index is 1.00. The summed E-state index contributed by atoms with van der Waals surface area (Å²) in [7, 11) is 0. The number of pyridine rings is 1. The van der Waals surface area contributed by atoms with Crippen molar-refractivity contribution in [2.75, 3.05) is 0 Å². The van der Waals surface area contributed by atoms with Gasteiger partial charge in [-0.15, -0.1) is 0 Å². The molecule has 0 bridgehead atoms. The summed E-state index contributed by atoms with van der Waals surface area (Å²) in [4.78, 5) is 4.08. The third-order valence-electron chi connectivity index (χ3n) is 1.58. The van der Waals surface area contributed by atoms with Crippen LogP contribution in [0, 0.1) is 6.20 Å². The number of aromatic nitrogens is 1. The van der Waals surface area contributed by atoms with Crippen LogP contribution in [-0.4, -0.2) is 4.98 Å². The van der Waals surface area contributed by atoms with Gasteiger partial charge in [-0.2, -0.15) is 0 Å². The molecule has 0 aromatic carbocycles. The molecule has 0 aliphatic rings. The summed E-state index contributed by atoms with van der Waals surface area (Å²) in [6.45, 7) is 4.25. The van der Waals surface area contributed by atoms with Gasteiger partial charge in [0, 0.05) is 5.69 Å². The van der Waals surface area contributed by atoms with Crippen molar-refractivity contribution in [2.45, 2.75) is 26.7 Å². The third kappa shape index (κ3) is 1.56. The zero-order valence-corrected chi connectivity index (χ0v) is 6.52. The first kappa shape index (κ1) is 7.26. The van der Waals surface area contributed by atoms with Crippen LogP contribution < -0.4 is 0 Å². The van der Waals surface area contributed by atoms with E-state index in [1.54, 1.807) is 0 Å². The van der Waals surface area contributed by atoms with Gasteiger partial charge in [0.25, 0.3) is 0 Å². The highest BCUT2D eigenvalue weighted by Gasteiger charge is 1.91. The first-order valence-corrected chi connectivity index (χ1v) is 3.72. The maximum absolute atomic E-state index is 4.08. The number of rotatable bonds is 2. The molecule has 1 heterocycles. The Kier molecular flexibility index (Phi) is 2.43. The van der Waals surface area contributed by atoms with E-state index in [2.05, 4.69) is 31.1 Å². The highest BCUT2D eigenvalue weighted by molar-refractivity contribution is 5.15. The third-order valence-corrected chi connectivity index (χ3v) is 1.58. The minimum absolute atomic E-state index is 1.00. The van der Waals surface area contributed by atoms with Crippen molar-refractivity contribution < 1.29 is 0 Å². The van der Waals surface area contributed by atoms with E-state index in [4.69, 9.17) is 0 Å². The van der Waals surface area contributed by atoms with Gasteiger partial charge in [0.05, 0.1) is 6.20 Å². The molecule has 0 aliphatic carbocycles. The summed E-state index contributed by atoms with van der Waals surface area (Å²) in [6, 6.07) is 4.08. The van der Waals surface area contributed by atoms with Crippen LogP contribution in [0.15, 0.2) is 12.1 Å². The summed E-state index contributed by atoms with van der Waals surface area (Å²) in [5.41, 5.74) is 2.46. The Labute approximate surface area is 62.1 Å². The molecular formula is C9H12N. The Bertz CT molecular complexity index is 186. The first-order valence-electron chi connectivity index (χ1n) is 3.72. The average molecular weight is 134 g/mol. The van der Waals surface area contributed by atoms with E-state index >= 15 is 0 Å². The maximum atomic E-state index is 4.08. The highest BCUT2D eigenvalue weighted by Crippen LogP contribution is 2.01. The molecule has 1 heteroatoms. The maximum Gasteiger partial charge on any atom is 0.0892 e. The van der Waals surface area contributed by atoms with Crippen LogP contribution in [0.2, 0.25) is 0 Å². The van der Waals surface area contributed by atoms with E-state index in [1.807, 2.05) is 6.07 Å². The number of hydrogen-bond acceptors (Lipinski definition) is 1. The van der Waals surface area contributed by atoms with Crippen molar-refractivity contribution >= 4 is 0 Å². The van der Waals surface area contributed by atoms with Crippen molar-refractivity contribution in [3.63, 3.8) is 0 Å². The van der Waals surface area contributed by atoms with E-state index in [0.29, 0.717) is 0 Å². The lowest BCUT2D eigenvalue weighted by atomic mass is 10.1. The predicted octanol–water partition coefficient (Wildman–Crippen LogP) is 2.01. The molecule has 1 aromatic rings. The molecule has 0 amide bonds. The van der Waals surface area contributed by atoms with Gasteiger partial charge < -0.3 is 0 Å². The van der Waals surface area contributed by atoms with E-state index in [0.717, 1.165) is 18.5 Å². The zero-order chi connectivity index (χ0) is 7.40. The zero-order valence-electron chi connectivity index (χ0n) is 6.52. The summed E-state index contributed by atoms with van der Waals surface area (Å²) in [5, 5.41) is 0. The van der Waals surface area contributed by atoms with Gasteiger partial charge in [0.15, 0.2) is 0 Å². The van der Waals surface area contributed by atoms with Gasteiger partial charge >= 0.3 is 0 Å². The smallest absolute Gasteiger partial charge is 0.0892 e. The molecule has 0 aliphatic heterocycles. The summed E-state index contributed by atoms with van der Waals surface area (Å²) >= 11 is 0. The van der Waals surface area contributed by atoms with Gasteiger partial charge in [-0.3, -0.25) is 4.98 Å². The van der Waals surface area contributed by atoms with Gasteiger partial charge in [0.1, 0.15) is 0 Å². The minimum Gasteiger partial charge on any atom is -0.251 e. The molecule has 1 radical (unpaired) electrons. The fourth-order valence-electron chi connectivity index (χ4n) is 0.871. The molecule has 1 aromatic heterocycles. The van der Waals surface area contributed by atoms with E-state index in [1.165, 1.54) is 5.56 Å². The second-order valence-electron chi connectivity index (χ2n) is 2.30. The lowest BCUT2D eigenvalue weighted by Crippen LogP contribution is -1.88. The van der Waals surface area contributed by atoms with E-state index in [9.17, 15) is 0 Å². The van der Waals surface area contributed by atoms with E-state index in [-0.39, 0.29) is 0 Å². The molecule has 0 atom stereocenters. The lowest BCUT2D eigenvalue weighted by Gasteiger charge is -1.97. The van der Waals surface area contributed by atoms with Gasteiger partial charge in [-0.25, -0.2) is 0 Å². The Morgan fingerprint density at radius 2 is 2.20 bits per heavy atom. The largest absolute Gasteiger partial charge is 0.251 e. The van der Waals surface area contributed by atoms with E-state index < -0.39 is 0 Å². The topological polar surface area (TPSA) is 12.9 Å². The van der Waals surface area contributed by atoms with Crippen LogP contribution in [0.3, 0.4) is 0 Å². The Morgan fingerprint density at radius 3 is 2.80 bits per heavy atom. The Balaban J connectivity index is 2.87. The fraction of sp³-hybridized carbons (Fsp3) is 0.444. The Morgan fingerprint density at radius 1 is 1.40 bits per heavy atom. The van der Waals surface area contributed by atoms with Crippen molar-refractivity contribution in [3.05, 3.63) is 29.6 Å². The molecular weight excluding hydrogens is 122 g/mol. The van der Waals surface area contributed by atoms with Crippen LogP contribution in [0.1, 0.15) is 25.1 Å². The van der Waals surface area contributed by atoms with Crippen molar-refractivity contribution in [1.29, 1.82) is 0 Å². The van der Waals surface area contributed by atoms with Crippen molar-refractivity contribution in [1.82, 2.24) is 4.98 Å². The summed E-state index contributed by atoms with van der Waals surface area (Å²) in [6.07, 6.45) is 4.96. The molecule has 0 spiro atoms. The lowest BCUT2D eigenvalue weighted by molar-refractivity contribution is 1.00. The van der Waals surface area contributed by atoms with Crippen LogP contribution in [0.25, 0.3) is 0 Å². The van der Waals surface area contributed by atoms with Crippen LogP contribution in [0.4, 0.5) is 0 Å². The molecule has 1 rings (SSSR count). The first-order chi connectivity index (χ1) is 4.86.